The van der Waals surface area contributed by atoms with E-state index in [1.807, 2.05) is 0 Å². The SMILES string of the molecule is CCCCCCCCCCCCCCCOCCCC(C)(C)C. The molecule has 1 nitrogen and oxygen atoms in total. The molecule has 0 aromatic rings. The summed E-state index contributed by atoms with van der Waals surface area (Å²) in [5, 5.41) is 0. The summed E-state index contributed by atoms with van der Waals surface area (Å²) in [4.78, 5) is 0. The van der Waals surface area contributed by atoms with E-state index in [1.165, 1.54) is 96.3 Å². The maximum Gasteiger partial charge on any atom is 0.0466 e. The smallest absolute Gasteiger partial charge is 0.0466 e. The summed E-state index contributed by atoms with van der Waals surface area (Å²) >= 11 is 0. The van der Waals surface area contributed by atoms with Crippen molar-refractivity contribution in [2.75, 3.05) is 13.2 Å². The molecule has 23 heavy (non-hydrogen) atoms. The average molecular weight is 327 g/mol. The van der Waals surface area contributed by atoms with E-state index in [1.54, 1.807) is 0 Å². The second-order valence-electron chi connectivity index (χ2n) is 8.52. The van der Waals surface area contributed by atoms with Crippen LogP contribution in [-0.2, 0) is 4.74 Å². The molecule has 0 N–H and O–H groups in total. The molecule has 1 heteroatoms. The fraction of sp³-hybridized carbons (Fsp3) is 1.00. The van der Waals surface area contributed by atoms with E-state index < -0.39 is 0 Å². The first-order valence-electron chi connectivity index (χ1n) is 10.6. The van der Waals surface area contributed by atoms with Crippen molar-refractivity contribution in [3.63, 3.8) is 0 Å². The minimum absolute atomic E-state index is 0.457. The zero-order chi connectivity index (χ0) is 17.2. The first-order chi connectivity index (χ1) is 11.1. The Bertz CT molecular complexity index is 217. The molecule has 0 rings (SSSR count). The highest BCUT2D eigenvalue weighted by molar-refractivity contribution is 4.60. The molecule has 0 aliphatic heterocycles. The van der Waals surface area contributed by atoms with Gasteiger partial charge in [0, 0.05) is 13.2 Å². The van der Waals surface area contributed by atoms with Crippen molar-refractivity contribution in [3.05, 3.63) is 0 Å². The Balaban J connectivity index is 3.00. The Labute approximate surface area is 148 Å². The Morgan fingerprint density at radius 1 is 0.522 bits per heavy atom. The van der Waals surface area contributed by atoms with Gasteiger partial charge in [0.25, 0.3) is 0 Å². The van der Waals surface area contributed by atoms with E-state index in [0.29, 0.717) is 5.41 Å². The molecule has 0 saturated carbocycles. The van der Waals surface area contributed by atoms with Gasteiger partial charge in [-0.15, -0.1) is 0 Å². The maximum atomic E-state index is 5.73. The predicted octanol–water partition coefficient (Wildman–Crippen LogP) is 7.92. The van der Waals surface area contributed by atoms with E-state index in [-0.39, 0.29) is 0 Å². The van der Waals surface area contributed by atoms with Crippen LogP contribution in [0.1, 0.15) is 124 Å². The topological polar surface area (TPSA) is 9.23 Å². The van der Waals surface area contributed by atoms with Gasteiger partial charge in [0.05, 0.1) is 0 Å². The van der Waals surface area contributed by atoms with Crippen LogP contribution in [-0.4, -0.2) is 13.2 Å². The Kier molecular flexibility index (Phi) is 16.8. The van der Waals surface area contributed by atoms with Gasteiger partial charge >= 0.3 is 0 Å². The molecular weight excluding hydrogens is 280 g/mol. The number of ether oxygens (including phenoxy) is 1. The summed E-state index contributed by atoms with van der Waals surface area (Å²) in [5.74, 6) is 0. The minimum atomic E-state index is 0.457. The van der Waals surface area contributed by atoms with Gasteiger partial charge < -0.3 is 4.74 Å². The van der Waals surface area contributed by atoms with Crippen LogP contribution >= 0.6 is 0 Å². The summed E-state index contributed by atoms with van der Waals surface area (Å²) in [6, 6.07) is 0. The number of rotatable bonds is 17. The zero-order valence-electron chi connectivity index (χ0n) is 16.9. The van der Waals surface area contributed by atoms with Gasteiger partial charge in [0.1, 0.15) is 0 Å². The van der Waals surface area contributed by atoms with E-state index in [0.717, 1.165) is 13.2 Å². The fourth-order valence-electron chi connectivity index (χ4n) is 3.03. The molecule has 0 radical (unpaired) electrons. The highest BCUT2D eigenvalue weighted by Crippen LogP contribution is 2.20. The molecule has 0 spiro atoms. The molecule has 0 fully saturated rings. The number of hydrogen-bond donors (Lipinski definition) is 0. The van der Waals surface area contributed by atoms with Crippen molar-refractivity contribution in [2.24, 2.45) is 5.41 Å². The molecular formula is C22H46O. The molecule has 0 saturated heterocycles. The molecule has 0 aromatic carbocycles. The quantitative estimate of drug-likeness (QED) is 0.247. The van der Waals surface area contributed by atoms with Crippen LogP contribution in [0.15, 0.2) is 0 Å². The van der Waals surface area contributed by atoms with Crippen LogP contribution in [0.5, 0.6) is 0 Å². The number of unbranched alkanes of at least 4 members (excludes halogenated alkanes) is 12. The van der Waals surface area contributed by atoms with E-state index in [4.69, 9.17) is 4.74 Å². The maximum absolute atomic E-state index is 5.73. The average Bonchev–Trinajstić information content (AvgIpc) is 2.49. The highest BCUT2D eigenvalue weighted by Gasteiger charge is 2.08. The Morgan fingerprint density at radius 3 is 1.35 bits per heavy atom. The summed E-state index contributed by atoms with van der Waals surface area (Å²) in [6.45, 7) is 11.1. The van der Waals surface area contributed by atoms with Gasteiger partial charge in [-0.25, -0.2) is 0 Å². The molecule has 0 aliphatic rings. The van der Waals surface area contributed by atoms with Crippen LogP contribution in [0.4, 0.5) is 0 Å². The molecule has 0 amide bonds. The second kappa shape index (κ2) is 16.8. The van der Waals surface area contributed by atoms with E-state index >= 15 is 0 Å². The third kappa shape index (κ3) is 22.0. The van der Waals surface area contributed by atoms with Gasteiger partial charge in [-0.2, -0.15) is 0 Å². The van der Waals surface area contributed by atoms with E-state index in [2.05, 4.69) is 27.7 Å². The van der Waals surface area contributed by atoms with Crippen LogP contribution in [0.25, 0.3) is 0 Å². The summed E-state index contributed by atoms with van der Waals surface area (Å²) in [5.41, 5.74) is 0.457. The largest absolute Gasteiger partial charge is 0.381 e. The van der Waals surface area contributed by atoms with E-state index in [9.17, 15) is 0 Å². The monoisotopic (exact) mass is 326 g/mol. The first-order valence-corrected chi connectivity index (χ1v) is 10.6. The lowest BCUT2D eigenvalue weighted by Gasteiger charge is -2.17. The van der Waals surface area contributed by atoms with Gasteiger partial charge in [-0.05, 0) is 24.7 Å². The third-order valence-electron chi connectivity index (χ3n) is 4.61. The lowest BCUT2D eigenvalue weighted by atomic mass is 9.91. The second-order valence-corrected chi connectivity index (χ2v) is 8.52. The molecule has 140 valence electrons. The normalized spacial score (nSPS) is 12.0. The van der Waals surface area contributed by atoms with Crippen LogP contribution in [0.2, 0.25) is 0 Å². The van der Waals surface area contributed by atoms with Crippen molar-refractivity contribution < 1.29 is 4.74 Å². The van der Waals surface area contributed by atoms with Crippen LogP contribution < -0.4 is 0 Å². The molecule has 0 unspecified atom stereocenters. The molecule has 0 aromatic heterocycles. The van der Waals surface area contributed by atoms with Crippen molar-refractivity contribution in [1.82, 2.24) is 0 Å². The zero-order valence-corrected chi connectivity index (χ0v) is 16.9. The Morgan fingerprint density at radius 2 is 0.913 bits per heavy atom. The predicted molar refractivity (Wildman–Crippen MR) is 105 cm³/mol. The highest BCUT2D eigenvalue weighted by atomic mass is 16.5. The Hall–Kier alpha value is -0.0400. The first kappa shape index (κ1) is 23.0. The number of hydrogen-bond acceptors (Lipinski definition) is 1. The standard InChI is InChI=1S/C22H46O/c1-5-6-7-8-9-10-11-12-13-14-15-16-17-20-23-21-18-19-22(2,3)4/h5-21H2,1-4H3. The van der Waals surface area contributed by atoms with Crippen LogP contribution in [0, 0.1) is 5.41 Å². The minimum Gasteiger partial charge on any atom is -0.381 e. The summed E-state index contributed by atoms with van der Waals surface area (Å²) < 4.78 is 5.73. The third-order valence-corrected chi connectivity index (χ3v) is 4.61. The van der Waals surface area contributed by atoms with Gasteiger partial charge in [0.15, 0.2) is 0 Å². The van der Waals surface area contributed by atoms with Crippen molar-refractivity contribution >= 4 is 0 Å². The van der Waals surface area contributed by atoms with Gasteiger partial charge in [-0.1, -0.05) is 105 Å². The van der Waals surface area contributed by atoms with Gasteiger partial charge in [-0.3, -0.25) is 0 Å². The van der Waals surface area contributed by atoms with Crippen LogP contribution in [0.3, 0.4) is 0 Å². The lowest BCUT2D eigenvalue weighted by Crippen LogP contribution is -2.07. The van der Waals surface area contributed by atoms with Crippen molar-refractivity contribution in [2.45, 2.75) is 124 Å². The fourth-order valence-corrected chi connectivity index (χ4v) is 3.03. The molecule has 0 heterocycles. The summed E-state index contributed by atoms with van der Waals surface area (Å²) in [6.07, 6.45) is 20.9. The molecule has 0 bridgehead atoms. The lowest BCUT2D eigenvalue weighted by molar-refractivity contribution is 0.118. The van der Waals surface area contributed by atoms with Crippen molar-refractivity contribution in [1.29, 1.82) is 0 Å². The molecule has 0 atom stereocenters. The van der Waals surface area contributed by atoms with Crippen molar-refractivity contribution in [3.8, 4) is 0 Å². The summed E-state index contributed by atoms with van der Waals surface area (Å²) in [7, 11) is 0. The van der Waals surface area contributed by atoms with Gasteiger partial charge in [0.2, 0.25) is 0 Å². The molecule has 0 aliphatic carbocycles.